The lowest BCUT2D eigenvalue weighted by Crippen LogP contribution is -2.38. The van der Waals surface area contributed by atoms with Gasteiger partial charge in [0.1, 0.15) is 11.5 Å². The number of rotatable bonds is 8. The van der Waals surface area contributed by atoms with E-state index in [0.29, 0.717) is 30.0 Å². The van der Waals surface area contributed by atoms with Crippen LogP contribution in [-0.4, -0.2) is 58.7 Å². The van der Waals surface area contributed by atoms with Crippen LogP contribution in [0.1, 0.15) is 49.1 Å². The summed E-state index contributed by atoms with van der Waals surface area (Å²) < 4.78 is 5.24. The third kappa shape index (κ3) is 5.20. The average Bonchev–Trinajstić information content (AvgIpc) is 3.05. The highest BCUT2D eigenvalue weighted by molar-refractivity contribution is 6.46. The van der Waals surface area contributed by atoms with Crippen LogP contribution in [0.4, 0.5) is 0 Å². The number of amides is 1. The highest BCUT2D eigenvalue weighted by Gasteiger charge is 2.46. The number of aliphatic hydroxyl groups excluding tert-OH is 1. The van der Waals surface area contributed by atoms with Gasteiger partial charge in [-0.1, -0.05) is 43.7 Å². The zero-order chi connectivity index (χ0) is 25.0. The van der Waals surface area contributed by atoms with E-state index >= 15 is 0 Å². The second kappa shape index (κ2) is 10.7. The minimum absolute atomic E-state index is 0.0400. The number of esters is 1. The Morgan fingerprint density at radius 1 is 1.09 bits per heavy atom. The summed E-state index contributed by atoms with van der Waals surface area (Å²) in [5, 5.41) is 11.3. The van der Waals surface area contributed by atoms with E-state index in [1.165, 1.54) is 11.8 Å². The summed E-state index contributed by atoms with van der Waals surface area (Å²) in [5.41, 5.74) is 2.87. The van der Waals surface area contributed by atoms with Gasteiger partial charge in [0.25, 0.3) is 11.7 Å². The number of carbonyl (C=O) groups is 3. The van der Waals surface area contributed by atoms with Crippen LogP contribution in [0.15, 0.2) is 48.0 Å². The van der Waals surface area contributed by atoms with Gasteiger partial charge in [-0.15, -0.1) is 0 Å². The van der Waals surface area contributed by atoms with Crippen LogP contribution >= 0.6 is 0 Å². The lowest BCUT2D eigenvalue weighted by atomic mass is 9.93. The molecule has 180 valence electrons. The fourth-order valence-corrected chi connectivity index (χ4v) is 4.30. The van der Waals surface area contributed by atoms with Crippen molar-refractivity contribution in [3.63, 3.8) is 0 Å². The fraction of sp³-hybridized carbons (Fsp3) is 0.370. The number of ether oxygens (including phenoxy) is 1. The predicted molar refractivity (Wildman–Crippen MR) is 130 cm³/mol. The minimum atomic E-state index is -0.800. The highest BCUT2D eigenvalue weighted by Crippen LogP contribution is 2.40. The Morgan fingerprint density at radius 3 is 2.44 bits per heavy atom. The maximum Gasteiger partial charge on any atom is 0.308 e. The predicted octanol–water partition coefficient (Wildman–Crippen LogP) is 3.99. The lowest BCUT2D eigenvalue weighted by Gasteiger charge is -2.28. The number of likely N-dealkylation sites (N-methyl/N-ethyl adjacent to an activating group) is 1. The molecule has 1 saturated heterocycles. The number of carbonyl (C=O) groups excluding carboxylic acids is 3. The summed E-state index contributed by atoms with van der Waals surface area (Å²) in [6.07, 6.45) is 0. The molecular weight excluding hydrogens is 432 g/mol. The van der Waals surface area contributed by atoms with Crippen molar-refractivity contribution in [2.45, 2.75) is 40.7 Å². The number of aryl methyl sites for hydroxylation is 2. The standard InChI is InChI=1S/C27H32N2O5/c1-6-28(7-2)13-14-29-24(20-9-8-10-21(16-20)34-19(5)30)23(26(32)27(29)33)25(31)22-15-17(3)11-12-18(22)4/h8-12,15-16,24,31H,6-7,13-14H2,1-5H3/b25-23+. The molecular formula is C27H32N2O5. The first kappa shape index (κ1) is 25.2. The molecule has 7 heteroatoms. The van der Waals surface area contributed by atoms with Crippen LogP contribution in [0.2, 0.25) is 0 Å². The van der Waals surface area contributed by atoms with Gasteiger partial charge in [0.05, 0.1) is 11.6 Å². The Labute approximate surface area is 200 Å². The van der Waals surface area contributed by atoms with Crippen LogP contribution in [0.5, 0.6) is 5.75 Å². The summed E-state index contributed by atoms with van der Waals surface area (Å²) in [6.45, 7) is 11.7. The first-order chi connectivity index (χ1) is 16.2. The number of benzene rings is 2. The van der Waals surface area contributed by atoms with Crippen molar-refractivity contribution in [1.29, 1.82) is 0 Å². The van der Waals surface area contributed by atoms with E-state index in [9.17, 15) is 19.5 Å². The third-order valence-electron chi connectivity index (χ3n) is 6.18. The molecule has 1 aliphatic heterocycles. The van der Waals surface area contributed by atoms with Crippen molar-refractivity contribution in [2.75, 3.05) is 26.2 Å². The molecule has 1 fully saturated rings. The Hall–Kier alpha value is -3.45. The maximum atomic E-state index is 13.2. The number of nitrogens with zero attached hydrogens (tertiary/aromatic N) is 2. The molecule has 1 unspecified atom stereocenters. The van der Waals surface area contributed by atoms with E-state index in [0.717, 1.165) is 24.2 Å². The maximum absolute atomic E-state index is 13.2. The quantitative estimate of drug-likeness (QED) is 0.209. The van der Waals surface area contributed by atoms with Crippen molar-refractivity contribution in [1.82, 2.24) is 9.80 Å². The van der Waals surface area contributed by atoms with Gasteiger partial charge in [-0.2, -0.15) is 0 Å². The second-order valence-electron chi connectivity index (χ2n) is 8.50. The normalized spacial score (nSPS) is 17.5. The van der Waals surface area contributed by atoms with Crippen molar-refractivity contribution in [2.24, 2.45) is 0 Å². The van der Waals surface area contributed by atoms with E-state index in [1.807, 2.05) is 39.8 Å². The largest absolute Gasteiger partial charge is 0.507 e. The number of Topliss-reactive ketones (excluding diaryl/α,β-unsaturated/α-hetero) is 1. The first-order valence-electron chi connectivity index (χ1n) is 11.5. The number of likely N-dealkylation sites (tertiary alicyclic amines) is 1. The van der Waals surface area contributed by atoms with Crippen LogP contribution in [-0.2, 0) is 14.4 Å². The molecule has 0 spiro atoms. The number of hydrogen-bond donors (Lipinski definition) is 1. The van der Waals surface area contributed by atoms with Gasteiger partial charge in [-0.25, -0.2) is 0 Å². The Morgan fingerprint density at radius 2 is 1.79 bits per heavy atom. The summed E-state index contributed by atoms with van der Waals surface area (Å²) in [4.78, 5) is 41.6. The smallest absolute Gasteiger partial charge is 0.308 e. The molecule has 0 aliphatic carbocycles. The lowest BCUT2D eigenvalue weighted by molar-refractivity contribution is -0.140. The van der Waals surface area contributed by atoms with Gasteiger partial charge in [-0.05, 0) is 56.3 Å². The molecule has 0 saturated carbocycles. The zero-order valence-corrected chi connectivity index (χ0v) is 20.4. The molecule has 1 N–H and O–H groups in total. The van der Waals surface area contributed by atoms with Crippen molar-refractivity contribution >= 4 is 23.4 Å². The molecule has 0 radical (unpaired) electrons. The van der Waals surface area contributed by atoms with E-state index in [1.54, 1.807) is 30.3 Å². The molecule has 0 bridgehead atoms. The summed E-state index contributed by atoms with van der Waals surface area (Å²) >= 11 is 0. The topological polar surface area (TPSA) is 87.2 Å². The van der Waals surface area contributed by atoms with Crippen molar-refractivity contribution in [3.8, 4) is 5.75 Å². The monoisotopic (exact) mass is 464 g/mol. The van der Waals surface area contributed by atoms with Crippen molar-refractivity contribution in [3.05, 3.63) is 70.3 Å². The zero-order valence-electron chi connectivity index (χ0n) is 20.4. The highest BCUT2D eigenvalue weighted by atomic mass is 16.5. The number of ketones is 1. The molecule has 1 heterocycles. The van der Waals surface area contributed by atoms with Gasteiger partial charge in [0, 0.05) is 25.6 Å². The van der Waals surface area contributed by atoms with Crippen LogP contribution in [0.25, 0.3) is 5.76 Å². The second-order valence-corrected chi connectivity index (χ2v) is 8.50. The van der Waals surface area contributed by atoms with Crippen LogP contribution < -0.4 is 4.74 Å². The van der Waals surface area contributed by atoms with Gasteiger partial charge < -0.3 is 19.6 Å². The summed E-state index contributed by atoms with van der Waals surface area (Å²) in [7, 11) is 0. The average molecular weight is 465 g/mol. The Kier molecular flexibility index (Phi) is 7.89. The molecule has 1 aliphatic rings. The summed E-state index contributed by atoms with van der Waals surface area (Å²) in [6, 6.07) is 11.6. The van der Waals surface area contributed by atoms with E-state index in [2.05, 4.69) is 4.90 Å². The molecule has 3 rings (SSSR count). The van der Waals surface area contributed by atoms with Gasteiger partial charge in [-0.3, -0.25) is 14.4 Å². The minimum Gasteiger partial charge on any atom is -0.507 e. The number of hydrogen-bond acceptors (Lipinski definition) is 6. The molecule has 2 aromatic rings. The molecule has 2 aromatic carbocycles. The molecule has 34 heavy (non-hydrogen) atoms. The van der Waals surface area contributed by atoms with E-state index in [-0.39, 0.29) is 11.3 Å². The van der Waals surface area contributed by atoms with Crippen molar-refractivity contribution < 1.29 is 24.2 Å². The van der Waals surface area contributed by atoms with E-state index in [4.69, 9.17) is 4.74 Å². The van der Waals surface area contributed by atoms with E-state index < -0.39 is 23.7 Å². The Balaban J connectivity index is 2.16. The summed E-state index contributed by atoms with van der Waals surface area (Å²) in [5.74, 6) is -1.73. The third-order valence-corrected chi connectivity index (χ3v) is 6.18. The molecule has 0 aromatic heterocycles. The Bertz CT molecular complexity index is 1130. The van der Waals surface area contributed by atoms with Gasteiger partial charge in [0.2, 0.25) is 0 Å². The van der Waals surface area contributed by atoms with Crippen LogP contribution in [0.3, 0.4) is 0 Å². The SMILES string of the molecule is CCN(CC)CCN1C(=O)C(=O)/C(=C(/O)c2cc(C)ccc2C)C1c1cccc(OC(C)=O)c1. The number of aliphatic hydroxyl groups is 1. The van der Waals surface area contributed by atoms with Crippen LogP contribution in [0, 0.1) is 13.8 Å². The molecule has 1 amide bonds. The van der Waals surface area contributed by atoms with Gasteiger partial charge >= 0.3 is 5.97 Å². The molecule has 7 nitrogen and oxygen atoms in total. The fourth-order valence-electron chi connectivity index (χ4n) is 4.30. The molecule has 1 atom stereocenters. The first-order valence-corrected chi connectivity index (χ1v) is 11.5. The van der Waals surface area contributed by atoms with Gasteiger partial charge in [0.15, 0.2) is 0 Å².